The van der Waals surface area contributed by atoms with Gasteiger partial charge in [0.25, 0.3) is 0 Å². The Labute approximate surface area is 60.2 Å². The molecule has 60 valence electrons. The fraction of sp³-hybridized carbons (Fsp3) is 1.00. The molecule has 0 aliphatic rings. The Morgan fingerprint density at radius 1 is 1.00 bits per heavy atom. The maximum Gasteiger partial charge on any atom is 0.0361 e. The van der Waals surface area contributed by atoms with Crippen molar-refractivity contribution in [3.8, 4) is 0 Å². The van der Waals surface area contributed by atoms with Crippen LogP contribution in [0.3, 0.4) is 0 Å². The van der Waals surface area contributed by atoms with Crippen molar-refractivity contribution in [1.29, 1.82) is 0 Å². The monoisotopic (exact) mass is 151 g/mol. The van der Waals surface area contributed by atoms with Crippen LogP contribution in [0.15, 0.2) is 0 Å². The predicted octanol–water partition coefficient (Wildman–Crippen LogP) is 1.61. The predicted molar refractivity (Wildman–Crippen MR) is 47.2 cm³/mol. The lowest BCUT2D eigenvalue weighted by Gasteiger charge is -2.21. The summed E-state index contributed by atoms with van der Waals surface area (Å²) >= 11 is 0. The fourth-order valence-electron chi connectivity index (χ4n) is 0. The van der Waals surface area contributed by atoms with Gasteiger partial charge in [0.15, 0.2) is 0 Å². The molecule has 0 rings (SSSR count). The Balaban J connectivity index is -0.000000180. The second-order valence-corrected chi connectivity index (χ2v) is 7.56. The lowest BCUT2D eigenvalue weighted by Crippen LogP contribution is -2.16. The molecule has 0 atom stereocenters. The van der Waals surface area contributed by atoms with Crippen LogP contribution >= 0.6 is 0 Å². The third-order valence-electron chi connectivity index (χ3n) is 1.73. The van der Waals surface area contributed by atoms with E-state index < -0.39 is 0 Å². The molecule has 0 spiro atoms. The van der Waals surface area contributed by atoms with Crippen LogP contribution in [0, 0.1) is 0 Å². The van der Waals surface area contributed by atoms with Gasteiger partial charge in [-0.3, -0.25) is 0 Å². The Morgan fingerprint density at radius 2 is 1.11 bits per heavy atom. The maximum atomic E-state index is 2.39. The molecule has 0 saturated carbocycles. The minimum atomic E-state index is -0.359. The van der Waals surface area contributed by atoms with Gasteiger partial charge in [0, 0.05) is 8.80 Å². The highest BCUT2D eigenvalue weighted by molar-refractivity contribution is 6.59. The first-order valence-electron chi connectivity index (χ1n) is 2.94. The molecule has 0 saturated heterocycles. The van der Waals surface area contributed by atoms with Gasteiger partial charge in [-0.1, -0.05) is 33.9 Å². The summed E-state index contributed by atoms with van der Waals surface area (Å²) < 4.78 is 0. The van der Waals surface area contributed by atoms with Crippen molar-refractivity contribution >= 4 is 8.80 Å². The van der Waals surface area contributed by atoms with Crippen molar-refractivity contribution in [3.05, 3.63) is 0 Å². The molecule has 0 aliphatic carbocycles. The molecule has 5 N–H and O–H groups in total. The molecule has 0 fully saturated rings. The van der Waals surface area contributed by atoms with Gasteiger partial charge in [0.2, 0.25) is 0 Å². The quantitative estimate of drug-likeness (QED) is 0.525. The molecule has 0 unspecified atom stereocenters. The van der Waals surface area contributed by atoms with E-state index in [2.05, 4.69) is 33.9 Å². The Bertz CT molecular complexity index is 58.6. The molecular formula is C6H21NOSi. The van der Waals surface area contributed by atoms with Crippen LogP contribution in [0.1, 0.15) is 20.8 Å². The van der Waals surface area contributed by atoms with E-state index in [9.17, 15) is 0 Å². The highest BCUT2D eigenvalue weighted by Gasteiger charge is 2.15. The average Bonchev–Trinajstić information content (AvgIpc) is 1.31. The maximum absolute atomic E-state index is 2.39. The zero-order valence-corrected chi connectivity index (χ0v) is 8.44. The van der Waals surface area contributed by atoms with Crippen molar-refractivity contribution < 1.29 is 5.48 Å². The second kappa shape index (κ2) is 4.96. The van der Waals surface area contributed by atoms with Crippen molar-refractivity contribution in [1.82, 2.24) is 6.15 Å². The summed E-state index contributed by atoms with van der Waals surface area (Å²) in [5.41, 5.74) is 0. The zero-order valence-electron chi connectivity index (χ0n) is 7.28. The van der Waals surface area contributed by atoms with Crippen LogP contribution in [-0.2, 0) is 0 Å². The molecule has 0 bridgehead atoms. The molecule has 0 heterocycles. The summed E-state index contributed by atoms with van der Waals surface area (Å²) in [6.45, 7) is 11.7. The smallest absolute Gasteiger partial charge is 0.0361 e. The third kappa shape index (κ3) is 8.14. The number of hydrogen-bond donors (Lipinski definition) is 1. The topological polar surface area (TPSA) is 66.5 Å². The molecule has 0 aliphatic heterocycles. The Kier molecular flexibility index (Phi) is 8.86. The van der Waals surface area contributed by atoms with E-state index in [1.54, 1.807) is 0 Å². The Hall–Kier alpha value is 0.137. The number of hydrogen-bond acceptors (Lipinski definition) is 1. The molecule has 0 aromatic carbocycles. The highest BCUT2D eigenvalue weighted by Crippen LogP contribution is 2.25. The molecule has 3 heteroatoms. The Morgan fingerprint density at radius 3 is 1.11 bits per heavy atom. The van der Waals surface area contributed by atoms with Gasteiger partial charge in [-0.25, -0.2) is 0 Å². The molecule has 0 aromatic rings. The van der Waals surface area contributed by atoms with Gasteiger partial charge in [-0.2, -0.15) is 0 Å². The molecular weight excluding hydrogens is 130 g/mol. The van der Waals surface area contributed by atoms with Crippen molar-refractivity contribution in [2.75, 3.05) is 0 Å². The van der Waals surface area contributed by atoms with Gasteiger partial charge < -0.3 is 11.6 Å². The van der Waals surface area contributed by atoms with Gasteiger partial charge in [0.1, 0.15) is 0 Å². The molecule has 9 heavy (non-hydrogen) atoms. The molecule has 0 amide bonds. The SMILES string of the molecule is C[SiH](C)C(C)(C)C.N.O. The second-order valence-electron chi connectivity index (χ2n) is 3.52. The first kappa shape index (κ1) is 16.1. The lowest BCUT2D eigenvalue weighted by atomic mass is 10.2. The first-order valence-corrected chi connectivity index (χ1v) is 5.83. The van der Waals surface area contributed by atoms with Gasteiger partial charge in [0.05, 0.1) is 0 Å². The summed E-state index contributed by atoms with van der Waals surface area (Å²) in [6, 6.07) is 0. The van der Waals surface area contributed by atoms with Crippen LogP contribution in [0.2, 0.25) is 18.1 Å². The summed E-state index contributed by atoms with van der Waals surface area (Å²) in [5.74, 6) is 0. The van der Waals surface area contributed by atoms with Crippen LogP contribution in [-0.4, -0.2) is 14.3 Å². The van der Waals surface area contributed by atoms with E-state index in [1.165, 1.54) is 0 Å². The summed E-state index contributed by atoms with van der Waals surface area (Å²) in [4.78, 5) is 0. The van der Waals surface area contributed by atoms with Crippen molar-refractivity contribution in [3.63, 3.8) is 0 Å². The van der Waals surface area contributed by atoms with Gasteiger partial charge >= 0.3 is 0 Å². The number of rotatable bonds is 0. The van der Waals surface area contributed by atoms with E-state index in [1.807, 2.05) is 0 Å². The largest absolute Gasteiger partial charge is 0.412 e. The van der Waals surface area contributed by atoms with E-state index >= 15 is 0 Å². The van der Waals surface area contributed by atoms with E-state index in [-0.39, 0.29) is 20.4 Å². The average molecular weight is 151 g/mol. The van der Waals surface area contributed by atoms with Gasteiger partial charge in [-0.05, 0) is 5.04 Å². The molecule has 2 nitrogen and oxygen atoms in total. The zero-order chi connectivity index (χ0) is 6.08. The van der Waals surface area contributed by atoms with Crippen LogP contribution in [0.4, 0.5) is 0 Å². The van der Waals surface area contributed by atoms with Crippen molar-refractivity contribution in [2.24, 2.45) is 0 Å². The highest BCUT2D eigenvalue weighted by atomic mass is 28.3. The third-order valence-corrected chi connectivity index (χ3v) is 5.20. The minimum Gasteiger partial charge on any atom is -0.412 e. The normalized spacial score (nSPS) is 10.0. The van der Waals surface area contributed by atoms with E-state index in [4.69, 9.17) is 0 Å². The molecule has 0 radical (unpaired) electrons. The summed E-state index contributed by atoms with van der Waals surface area (Å²) in [7, 11) is -0.359. The van der Waals surface area contributed by atoms with Crippen LogP contribution in [0.5, 0.6) is 0 Å². The molecule has 0 aromatic heterocycles. The van der Waals surface area contributed by atoms with E-state index in [0.29, 0.717) is 5.04 Å². The van der Waals surface area contributed by atoms with E-state index in [0.717, 1.165) is 0 Å². The first-order chi connectivity index (χ1) is 2.94. The van der Waals surface area contributed by atoms with Crippen molar-refractivity contribution in [2.45, 2.75) is 38.9 Å². The van der Waals surface area contributed by atoms with Gasteiger partial charge in [-0.15, -0.1) is 0 Å². The summed E-state index contributed by atoms with van der Waals surface area (Å²) in [5, 5.41) is 0.639. The van der Waals surface area contributed by atoms with Crippen LogP contribution < -0.4 is 6.15 Å². The van der Waals surface area contributed by atoms with Crippen LogP contribution in [0.25, 0.3) is 0 Å². The fourth-order valence-corrected chi connectivity index (χ4v) is 0. The summed E-state index contributed by atoms with van der Waals surface area (Å²) in [6.07, 6.45) is 0. The standard InChI is InChI=1S/C6H16Si.H3N.H2O/c1-6(2,3)7(4)5;;/h7H,1-5H3;1H3;1H2. The minimum absolute atomic E-state index is 0. The lowest BCUT2D eigenvalue weighted by molar-refractivity contribution is 0.742.